The minimum Gasteiger partial charge on any atom is -0.478 e. The zero-order chi connectivity index (χ0) is 21.7. The number of hydrogen-bond acceptors (Lipinski definition) is 6. The molecule has 2 aromatic carbocycles. The Morgan fingerprint density at radius 3 is 2.68 bits per heavy atom. The quantitative estimate of drug-likeness (QED) is 0.648. The van der Waals surface area contributed by atoms with Crippen LogP contribution < -0.4 is 25.1 Å². The van der Waals surface area contributed by atoms with Gasteiger partial charge in [0.2, 0.25) is 0 Å². The molecule has 0 fully saturated rings. The molecule has 31 heavy (non-hydrogen) atoms. The van der Waals surface area contributed by atoms with Crippen LogP contribution in [0.4, 0.5) is 11.4 Å². The van der Waals surface area contributed by atoms with Gasteiger partial charge in [-0.3, -0.25) is 14.2 Å². The maximum absolute atomic E-state index is 13.2. The summed E-state index contributed by atoms with van der Waals surface area (Å²) in [5.74, 6) is -1.27. The molecule has 3 aromatic rings. The molecule has 8 nitrogen and oxygen atoms in total. The molecule has 2 aliphatic rings. The van der Waals surface area contributed by atoms with Gasteiger partial charge >= 0.3 is 5.97 Å². The van der Waals surface area contributed by atoms with Crippen molar-refractivity contribution < 1.29 is 14.7 Å². The lowest BCUT2D eigenvalue weighted by Gasteiger charge is -2.25. The first kappa shape index (κ1) is 19.3. The molecule has 0 bridgehead atoms. The van der Waals surface area contributed by atoms with Crippen LogP contribution in [0.2, 0.25) is 0 Å². The molecule has 156 valence electrons. The summed E-state index contributed by atoms with van der Waals surface area (Å²) in [6, 6.07) is 12.2. The fraction of sp³-hybridized carbons (Fsp3) is 0.182. The van der Waals surface area contributed by atoms with Crippen LogP contribution in [0.5, 0.6) is 0 Å². The Balaban J connectivity index is 1.58. The molecular formula is C22H18N4O4S. The predicted molar refractivity (Wildman–Crippen MR) is 117 cm³/mol. The van der Waals surface area contributed by atoms with Gasteiger partial charge in [-0.1, -0.05) is 24.3 Å². The Kier molecular flexibility index (Phi) is 4.48. The number of anilines is 2. The number of hydrogen-bond donors (Lipinski definition) is 2. The molecule has 0 unspecified atom stereocenters. The van der Waals surface area contributed by atoms with Crippen molar-refractivity contribution in [3.8, 4) is 0 Å². The zero-order valence-corrected chi connectivity index (χ0v) is 17.4. The van der Waals surface area contributed by atoms with E-state index in [9.17, 15) is 14.4 Å². The van der Waals surface area contributed by atoms with E-state index >= 15 is 0 Å². The molecule has 0 spiro atoms. The molecular weight excluding hydrogens is 416 g/mol. The Morgan fingerprint density at radius 2 is 1.97 bits per heavy atom. The molecule has 1 amide bonds. The van der Waals surface area contributed by atoms with E-state index in [4.69, 9.17) is 5.11 Å². The number of aromatic nitrogens is 1. The highest BCUT2D eigenvalue weighted by atomic mass is 32.1. The van der Waals surface area contributed by atoms with E-state index < -0.39 is 5.97 Å². The molecule has 5 rings (SSSR count). The molecule has 0 saturated heterocycles. The fourth-order valence-electron chi connectivity index (χ4n) is 3.80. The standard InChI is InChI=1S/C22H18N4O4S/c1-2-12-3-8-16-15(9-12)17(19(27)24-16)18-20(28)26-11-25(10-23-22(26)31-18)14-6-4-13(5-7-14)21(29)30/h3-9H,2,10-11H2,1H3,(H,24,27)(H,29,30). The van der Waals surface area contributed by atoms with Crippen molar-refractivity contribution in [2.24, 2.45) is 4.99 Å². The summed E-state index contributed by atoms with van der Waals surface area (Å²) in [4.78, 5) is 44.0. The van der Waals surface area contributed by atoms with Gasteiger partial charge < -0.3 is 15.3 Å². The second kappa shape index (κ2) is 7.21. The number of aromatic carboxylic acids is 1. The topological polar surface area (TPSA) is 104 Å². The Morgan fingerprint density at radius 1 is 1.19 bits per heavy atom. The number of rotatable bonds is 3. The van der Waals surface area contributed by atoms with E-state index in [2.05, 4.69) is 10.3 Å². The smallest absolute Gasteiger partial charge is 0.335 e. The number of carbonyl (C=O) groups excluding carboxylic acids is 1. The first-order valence-electron chi connectivity index (χ1n) is 9.77. The molecule has 0 radical (unpaired) electrons. The number of carboxylic acids is 1. The van der Waals surface area contributed by atoms with Gasteiger partial charge in [0.25, 0.3) is 11.5 Å². The van der Waals surface area contributed by atoms with E-state index in [1.54, 1.807) is 16.7 Å². The third-order valence-corrected chi connectivity index (χ3v) is 6.61. The maximum Gasteiger partial charge on any atom is 0.335 e. The highest BCUT2D eigenvalue weighted by molar-refractivity contribution is 7.07. The normalized spacial score (nSPS) is 16.4. The highest BCUT2D eigenvalue weighted by Crippen LogP contribution is 2.31. The molecule has 1 aromatic heterocycles. The van der Waals surface area contributed by atoms with Gasteiger partial charge in [-0.25, -0.2) is 9.79 Å². The van der Waals surface area contributed by atoms with E-state index in [-0.39, 0.29) is 23.7 Å². The predicted octanol–water partition coefficient (Wildman–Crippen LogP) is 1.38. The maximum atomic E-state index is 13.2. The third-order valence-electron chi connectivity index (χ3n) is 5.50. The van der Waals surface area contributed by atoms with E-state index in [0.29, 0.717) is 27.3 Å². The number of fused-ring (bicyclic) bond motifs is 2. The first-order valence-corrected chi connectivity index (χ1v) is 10.6. The number of nitrogens with zero attached hydrogens (tertiary/aromatic N) is 3. The number of carboxylic acid groups (broad SMARTS) is 1. The van der Waals surface area contributed by atoms with Gasteiger partial charge in [-0.2, -0.15) is 0 Å². The lowest BCUT2D eigenvalue weighted by atomic mass is 10.0. The van der Waals surface area contributed by atoms with E-state index in [1.807, 2.05) is 30.0 Å². The van der Waals surface area contributed by atoms with Crippen LogP contribution in [0.25, 0.3) is 5.57 Å². The summed E-state index contributed by atoms with van der Waals surface area (Å²) in [6.07, 6.45) is 0.833. The van der Waals surface area contributed by atoms with Gasteiger partial charge in [-0.05, 0) is 48.4 Å². The van der Waals surface area contributed by atoms with Crippen molar-refractivity contribution in [3.05, 3.63) is 78.8 Å². The number of carbonyl (C=O) groups is 2. The molecule has 3 heterocycles. The van der Waals surface area contributed by atoms with Crippen LogP contribution in [0, 0.1) is 0 Å². The van der Waals surface area contributed by atoms with Crippen molar-refractivity contribution >= 4 is 40.2 Å². The fourth-order valence-corrected chi connectivity index (χ4v) is 4.86. The average molecular weight is 434 g/mol. The van der Waals surface area contributed by atoms with Gasteiger partial charge in [0.05, 0.1) is 11.1 Å². The largest absolute Gasteiger partial charge is 0.478 e. The van der Waals surface area contributed by atoms with E-state index in [0.717, 1.165) is 23.2 Å². The Bertz CT molecular complexity index is 1420. The Labute approximate surface area is 180 Å². The number of nitrogens with one attached hydrogen (secondary N) is 1. The van der Waals surface area contributed by atoms with Crippen molar-refractivity contribution in [2.45, 2.75) is 20.0 Å². The van der Waals surface area contributed by atoms with Gasteiger partial charge in [0, 0.05) is 16.9 Å². The summed E-state index contributed by atoms with van der Waals surface area (Å²) >= 11 is 1.23. The summed E-state index contributed by atoms with van der Waals surface area (Å²) in [5, 5.41) is 11.9. The second-order valence-electron chi connectivity index (χ2n) is 7.34. The van der Waals surface area contributed by atoms with Crippen LogP contribution in [0.1, 0.15) is 28.4 Å². The number of amides is 1. The number of thiazole rings is 1. The van der Waals surface area contributed by atoms with Crippen LogP contribution in [0.15, 0.2) is 52.3 Å². The van der Waals surface area contributed by atoms with Crippen molar-refractivity contribution in [1.29, 1.82) is 0 Å². The van der Waals surface area contributed by atoms with E-state index in [1.165, 1.54) is 23.5 Å². The molecule has 0 aliphatic carbocycles. The third kappa shape index (κ3) is 3.14. The van der Waals surface area contributed by atoms with Crippen LogP contribution in [-0.2, 0) is 17.9 Å². The summed E-state index contributed by atoms with van der Waals surface area (Å²) in [7, 11) is 0. The second-order valence-corrected chi connectivity index (χ2v) is 8.32. The molecule has 2 aliphatic heterocycles. The summed E-state index contributed by atoms with van der Waals surface area (Å²) in [5.41, 5.74) is 3.66. The van der Waals surface area contributed by atoms with Gasteiger partial charge in [-0.15, -0.1) is 0 Å². The van der Waals surface area contributed by atoms with Crippen LogP contribution in [0.3, 0.4) is 0 Å². The minimum absolute atomic E-state index is 0.196. The van der Waals surface area contributed by atoms with Crippen LogP contribution >= 0.6 is 11.3 Å². The monoisotopic (exact) mass is 434 g/mol. The lowest BCUT2D eigenvalue weighted by Crippen LogP contribution is -2.43. The molecule has 9 heteroatoms. The molecule has 2 N–H and O–H groups in total. The Hall–Kier alpha value is -3.72. The number of aryl methyl sites for hydroxylation is 1. The average Bonchev–Trinajstić information content (AvgIpc) is 3.28. The summed E-state index contributed by atoms with van der Waals surface area (Å²) < 4.78 is 1.93. The first-order chi connectivity index (χ1) is 15.0. The minimum atomic E-state index is -0.991. The van der Waals surface area contributed by atoms with Crippen molar-refractivity contribution in [1.82, 2.24) is 4.57 Å². The van der Waals surface area contributed by atoms with Crippen molar-refractivity contribution in [2.75, 3.05) is 16.9 Å². The van der Waals surface area contributed by atoms with Crippen LogP contribution in [-0.4, -0.2) is 28.2 Å². The molecule has 0 saturated carbocycles. The number of benzene rings is 2. The molecule has 0 atom stereocenters. The summed E-state index contributed by atoms with van der Waals surface area (Å²) in [6.45, 7) is 2.65. The zero-order valence-electron chi connectivity index (χ0n) is 16.6. The lowest BCUT2D eigenvalue weighted by molar-refractivity contribution is -0.110. The van der Waals surface area contributed by atoms with Crippen molar-refractivity contribution in [3.63, 3.8) is 0 Å². The van der Waals surface area contributed by atoms with Gasteiger partial charge in [0.15, 0.2) is 4.80 Å². The van der Waals surface area contributed by atoms with Gasteiger partial charge in [0.1, 0.15) is 17.9 Å². The SMILES string of the molecule is CCc1ccc2c(c1)C(=c1sc3n(c1=O)CN(c1ccc(C(=O)O)cc1)CN=3)C(=O)N2. The highest BCUT2D eigenvalue weighted by Gasteiger charge is 2.28.